The van der Waals surface area contributed by atoms with Gasteiger partial charge in [0.15, 0.2) is 0 Å². The number of anilines is 1. The molecule has 0 amide bonds. The molecule has 32 heavy (non-hydrogen) atoms. The highest BCUT2D eigenvalue weighted by Crippen LogP contribution is 2.33. The summed E-state index contributed by atoms with van der Waals surface area (Å²) in [6.45, 7) is 1.83. The Kier molecular flexibility index (Phi) is 6.66. The van der Waals surface area contributed by atoms with Crippen LogP contribution >= 0.6 is 11.6 Å². The van der Waals surface area contributed by atoms with Crippen molar-refractivity contribution in [3.8, 4) is 11.5 Å². The molecule has 166 valence electrons. The van der Waals surface area contributed by atoms with E-state index in [0.29, 0.717) is 0 Å². The number of nitrogens with one attached hydrogen (secondary N) is 1. The molecule has 0 aliphatic heterocycles. The van der Waals surface area contributed by atoms with Crippen molar-refractivity contribution in [3.63, 3.8) is 0 Å². The molecule has 3 aromatic rings. The van der Waals surface area contributed by atoms with Crippen molar-refractivity contribution in [1.82, 2.24) is 0 Å². The van der Waals surface area contributed by atoms with Gasteiger partial charge >= 0.3 is 5.97 Å². The van der Waals surface area contributed by atoms with Crippen LogP contribution in [0.5, 0.6) is 11.5 Å². The Balaban J connectivity index is 1.92. The third kappa shape index (κ3) is 5.16. The zero-order valence-corrected chi connectivity index (χ0v) is 18.4. The van der Waals surface area contributed by atoms with Crippen molar-refractivity contribution < 1.29 is 27.6 Å². The van der Waals surface area contributed by atoms with Crippen molar-refractivity contribution in [2.75, 3.05) is 11.8 Å². The molecule has 3 rings (SSSR count). The smallest absolute Gasteiger partial charge is 0.340 e. The number of carbonyl (C=O) groups excluding carboxylic acids is 1. The molecule has 1 N–H and O–H groups in total. The summed E-state index contributed by atoms with van der Waals surface area (Å²) < 4.78 is 38.2. The van der Waals surface area contributed by atoms with Crippen molar-refractivity contribution >= 4 is 39.0 Å². The van der Waals surface area contributed by atoms with Gasteiger partial charge in [-0.1, -0.05) is 29.3 Å². The second-order valence-corrected chi connectivity index (χ2v) is 8.68. The Hall–Kier alpha value is -3.63. The van der Waals surface area contributed by atoms with Gasteiger partial charge in [-0.25, -0.2) is 13.2 Å². The molecule has 0 spiro atoms. The number of rotatable bonds is 7. The molecule has 11 heteroatoms. The molecule has 0 heterocycles. The monoisotopic (exact) mass is 476 g/mol. The van der Waals surface area contributed by atoms with E-state index in [1.807, 2.05) is 6.92 Å². The number of nitrogens with zero attached hydrogens (tertiary/aromatic N) is 1. The first-order valence-electron chi connectivity index (χ1n) is 9.04. The highest BCUT2D eigenvalue weighted by Gasteiger charge is 2.21. The highest BCUT2D eigenvalue weighted by molar-refractivity contribution is 7.92. The molecule has 3 aromatic carbocycles. The molecule has 0 bridgehead atoms. The number of methoxy groups -OCH3 is 1. The fourth-order valence-electron chi connectivity index (χ4n) is 2.71. The van der Waals surface area contributed by atoms with E-state index in [1.165, 1.54) is 48.5 Å². The Morgan fingerprint density at radius 2 is 1.66 bits per heavy atom. The molecule has 0 saturated heterocycles. The van der Waals surface area contributed by atoms with Gasteiger partial charge in [0.2, 0.25) is 0 Å². The van der Waals surface area contributed by atoms with Gasteiger partial charge in [-0.2, -0.15) is 0 Å². The maximum atomic E-state index is 12.7. The van der Waals surface area contributed by atoms with Crippen LogP contribution in [-0.4, -0.2) is 26.4 Å². The van der Waals surface area contributed by atoms with Gasteiger partial charge in [0.1, 0.15) is 16.5 Å². The number of halogens is 1. The number of hydrogen-bond donors (Lipinski definition) is 1. The minimum Gasteiger partial charge on any atom is -0.465 e. The van der Waals surface area contributed by atoms with Gasteiger partial charge in [0.25, 0.3) is 15.7 Å². The van der Waals surface area contributed by atoms with E-state index in [2.05, 4.69) is 4.72 Å². The third-order valence-electron chi connectivity index (χ3n) is 4.32. The van der Waals surface area contributed by atoms with Crippen LogP contribution in [0.1, 0.15) is 15.9 Å². The molecule has 0 fully saturated rings. The number of aryl methyl sites for hydroxylation is 1. The van der Waals surface area contributed by atoms with Gasteiger partial charge in [-0.05, 0) is 43.3 Å². The Labute approximate surface area is 188 Å². The lowest BCUT2D eigenvalue weighted by Crippen LogP contribution is -2.16. The van der Waals surface area contributed by atoms with Crippen molar-refractivity contribution in [2.45, 2.75) is 11.8 Å². The number of benzene rings is 3. The average molecular weight is 477 g/mol. The highest BCUT2D eigenvalue weighted by atomic mass is 35.5. The van der Waals surface area contributed by atoms with Gasteiger partial charge in [-0.15, -0.1) is 0 Å². The first-order chi connectivity index (χ1) is 15.1. The minimum atomic E-state index is -3.96. The summed E-state index contributed by atoms with van der Waals surface area (Å²) in [5.41, 5.74) is 0.516. The molecule has 0 saturated carbocycles. The SMILES string of the molecule is COC(=O)c1cc(Oc2ccc([N+](=O)[O-])c(Cl)c2)ccc1NS(=O)(=O)c1ccc(C)cc1. The lowest BCUT2D eigenvalue weighted by molar-refractivity contribution is -0.384. The average Bonchev–Trinajstić information content (AvgIpc) is 2.74. The van der Waals surface area contributed by atoms with E-state index in [4.69, 9.17) is 21.1 Å². The van der Waals surface area contributed by atoms with Crippen LogP contribution < -0.4 is 9.46 Å². The molecule has 9 nitrogen and oxygen atoms in total. The Morgan fingerprint density at radius 1 is 1.03 bits per heavy atom. The van der Waals surface area contributed by atoms with E-state index < -0.39 is 20.9 Å². The van der Waals surface area contributed by atoms with Crippen LogP contribution in [0.2, 0.25) is 5.02 Å². The lowest BCUT2D eigenvalue weighted by atomic mass is 10.1. The Morgan fingerprint density at radius 3 is 2.25 bits per heavy atom. The van der Waals surface area contributed by atoms with Gasteiger partial charge in [0, 0.05) is 12.1 Å². The summed E-state index contributed by atoms with van der Waals surface area (Å²) in [5, 5.41) is 10.8. The molecule has 0 aliphatic carbocycles. The van der Waals surface area contributed by atoms with E-state index in [-0.39, 0.29) is 38.4 Å². The maximum Gasteiger partial charge on any atom is 0.340 e. The van der Waals surface area contributed by atoms with Crippen molar-refractivity contribution in [1.29, 1.82) is 0 Å². The number of hydrogen-bond acceptors (Lipinski definition) is 7. The zero-order chi connectivity index (χ0) is 23.5. The molecular formula is C21H17ClN2O7S. The largest absolute Gasteiger partial charge is 0.465 e. The molecule has 0 radical (unpaired) electrons. The maximum absolute atomic E-state index is 12.7. The zero-order valence-electron chi connectivity index (χ0n) is 16.9. The number of nitro benzene ring substituents is 1. The number of nitro groups is 1. The number of ether oxygens (including phenoxy) is 2. The number of sulfonamides is 1. The first kappa shape index (κ1) is 23.0. The van der Waals surface area contributed by atoms with E-state index in [1.54, 1.807) is 12.1 Å². The summed E-state index contributed by atoms with van der Waals surface area (Å²) in [7, 11) is -2.81. The first-order valence-corrected chi connectivity index (χ1v) is 10.9. The Bertz CT molecular complexity index is 1290. The molecule has 0 aliphatic rings. The predicted octanol–water partition coefficient (Wildman–Crippen LogP) is 4.94. The third-order valence-corrected chi connectivity index (χ3v) is 6.01. The van der Waals surface area contributed by atoms with Gasteiger partial charge in [-0.3, -0.25) is 14.8 Å². The summed E-state index contributed by atoms with van der Waals surface area (Å²) in [4.78, 5) is 22.6. The molecular weight excluding hydrogens is 460 g/mol. The van der Waals surface area contributed by atoms with E-state index in [9.17, 15) is 23.3 Å². The van der Waals surface area contributed by atoms with Crippen LogP contribution in [0.25, 0.3) is 0 Å². The summed E-state index contributed by atoms with van der Waals surface area (Å²) in [5.74, 6) is -0.447. The standard InChI is InChI=1S/C21H17ClN2O7S/c1-13-3-7-16(8-4-13)32(28,29)23-19-9-5-14(11-17(19)21(25)30-2)31-15-6-10-20(24(26)27)18(22)12-15/h3-12,23H,1-2H3. The second-order valence-electron chi connectivity index (χ2n) is 6.59. The van der Waals surface area contributed by atoms with Crippen molar-refractivity contribution in [3.05, 3.63) is 86.9 Å². The minimum absolute atomic E-state index is 0.00786. The quantitative estimate of drug-likeness (QED) is 0.291. The number of carbonyl (C=O) groups is 1. The van der Waals surface area contributed by atoms with E-state index in [0.717, 1.165) is 12.7 Å². The number of esters is 1. The molecule has 0 atom stereocenters. The van der Waals surface area contributed by atoms with Crippen LogP contribution in [-0.2, 0) is 14.8 Å². The molecule has 0 aromatic heterocycles. The van der Waals surface area contributed by atoms with E-state index >= 15 is 0 Å². The summed E-state index contributed by atoms with van der Waals surface area (Å²) in [6.07, 6.45) is 0. The normalized spacial score (nSPS) is 11.0. The predicted molar refractivity (Wildman–Crippen MR) is 118 cm³/mol. The fraction of sp³-hybridized carbons (Fsp3) is 0.0952. The molecule has 0 unspecified atom stereocenters. The fourth-order valence-corrected chi connectivity index (χ4v) is 4.03. The van der Waals surface area contributed by atoms with Crippen molar-refractivity contribution in [2.24, 2.45) is 0 Å². The van der Waals surface area contributed by atoms with Crippen LogP contribution in [0.3, 0.4) is 0 Å². The van der Waals surface area contributed by atoms with Crippen LogP contribution in [0.15, 0.2) is 65.6 Å². The van der Waals surface area contributed by atoms with Gasteiger partial charge < -0.3 is 9.47 Å². The summed E-state index contributed by atoms with van der Waals surface area (Å²) in [6, 6.07) is 14.0. The second kappa shape index (κ2) is 9.25. The van der Waals surface area contributed by atoms with Crippen LogP contribution in [0, 0.1) is 17.0 Å². The lowest BCUT2D eigenvalue weighted by Gasteiger charge is -2.14. The van der Waals surface area contributed by atoms with Gasteiger partial charge in [0.05, 0.1) is 28.2 Å². The summed E-state index contributed by atoms with van der Waals surface area (Å²) >= 11 is 5.89. The topological polar surface area (TPSA) is 125 Å². The van der Waals surface area contributed by atoms with Crippen LogP contribution in [0.4, 0.5) is 11.4 Å².